The zero-order chi connectivity index (χ0) is 21.1. The topological polar surface area (TPSA) is 68.3 Å². The molecule has 4 rings (SSSR count). The molecule has 2 amide bonds. The molecule has 2 heterocycles. The van der Waals surface area contributed by atoms with Crippen molar-refractivity contribution in [1.29, 1.82) is 0 Å². The fourth-order valence-corrected chi connectivity index (χ4v) is 3.61. The second kappa shape index (κ2) is 8.65. The van der Waals surface area contributed by atoms with Crippen molar-refractivity contribution >= 4 is 11.8 Å². The number of benzene rings is 2. The van der Waals surface area contributed by atoms with Crippen LogP contribution in [0, 0.1) is 0 Å². The number of amides is 2. The second-order valence-electron chi connectivity index (χ2n) is 7.70. The normalized spacial score (nSPS) is 17.4. The lowest BCUT2D eigenvalue weighted by molar-refractivity contribution is -0.142. The minimum Gasteiger partial charge on any atom is -0.491 e. The zero-order valence-electron chi connectivity index (χ0n) is 17.3. The van der Waals surface area contributed by atoms with Gasteiger partial charge in [0.25, 0.3) is 5.91 Å². The third kappa shape index (κ3) is 4.35. The minimum absolute atomic E-state index is 0.0905. The zero-order valence-corrected chi connectivity index (χ0v) is 17.3. The van der Waals surface area contributed by atoms with E-state index in [1.807, 2.05) is 36.4 Å². The van der Waals surface area contributed by atoms with Crippen molar-refractivity contribution < 1.29 is 23.8 Å². The molecule has 1 unspecified atom stereocenters. The maximum atomic E-state index is 13.1. The monoisotopic (exact) mass is 410 g/mol. The van der Waals surface area contributed by atoms with Gasteiger partial charge in [-0.25, -0.2) is 0 Å². The summed E-state index contributed by atoms with van der Waals surface area (Å²) in [5.74, 6) is 1.99. The molecule has 2 aromatic rings. The molecule has 7 heteroatoms. The Morgan fingerprint density at radius 1 is 1.07 bits per heavy atom. The molecular formula is C23H26N2O5. The van der Waals surface area contributed by atoms with E-state index in [4.69, 9.17) is 14.2 Å². The van der Waals surface area contributed by atoms with Crippen LogP contribution in [0.3, 0.4) is 0 Å². The van der Waals surface area contributed by atoms with Gasteiger partial charge in [0.1, 0.15) is 19.0 Å². The predicted octanol–water partition coefficient (Wildman–Crippen LogP) is 2.27. The summed E-state index contributed by atoms with van der Waals surface area (Å²) >= 11 is 0. The molecule has 158 valence electrons. The van der Waals surface area contributed by atoms with Gasteiger partial charge in [0.15, 0.2) is 11.5 Å². The summed E-state index contributed by atoms with van der Waals surface area (Å²) in [6.45, 7) is 1.52. The van der Waals surface area contributed by atoms with Gasteiger partial charge in [-0.1, -0.05) is 24.3 Å². The smallest absolute Gasteiger partial charge is 0.267 e. The Morgan fingerprint density at radius 2 is 1.87 bits per heavy atom. The van der Waals surface area contributed by atoms with Gasteiger partial charge < -0.3 is 24.0 Å². The fourth-order valence-electron chi connectivity index (χ4n) is 3.61. The van der Waals surface area contributed by atoms with Gasteiger partial charge in [-0.15, -0.1) is 0 Å². The van der Waals surface area contributed by atoms with Gasteiger partial charge in [0, 0.05) is 32.6 Å². The summed E-state index contributed by atoms with van der Waals surface area (Å²) in [6.07, 6.45) is 0.415. The van der Waals surface area contributed by atoms with E-state index in [0.717, 1.165) is 16.9 Å². The Labute approximate surface area is 176 Å². The van der Waals surface area contributed by atoms with Crippen LogP contribution in [0.2, 0.25) is 0 Å². The van der Waals surface area contributed by atoms with Gasteiger partial charge >= 0.3 is 0 Å². The number of ether oxygens (including phenoxy) is 3. The third-order valence-electron chi connectivity index (χ3n) is 5.33. The number of carbonyl (C=O) groups excluding carboxylic acids is 2. The van der Waals surface area contributed by atoms with Crippen molar-refractivity contribution in [2.45, 2.75) is 25.5 Å². The molecule has 0 spiro atoms. The predicted molar refractivity (Wildman–Crippen MR) is 111 cm³/mol. The number of aryl methyl sites for hydroxylation is 1. The highest BCUT2D eigenvalue weighted by molar-refractivity contribution is 5.82. The Bertz CT molecular complexity index is 943. The van der Waals surface area contributed by atoms with Gasteiger partial charge in [-0.2, -0.15) is 0 Å². The molecule has 0 aromatic heterocycles. The summed E-state index contributed by atoms with van der Waals surface area (Å²) in [7, 11) is 3.51. The first-order chi connectivity index (χ1) is 14.5. The number of para-hydroxylation sites is 2. The summed E-state index contributed by atoms with van der Waals surface area (Å²) in [5.41, 5.74) is 1.99. The lowest BCUT2D eigenvalue weighted by atomic mass is 10.0. The van der Waals surface area contributed by atoms with E-state index in [2.05, 4.69) is 0 Å². The van der Waals surface area contributed by atoms with Crippen LogP contribution in [0.1, 0.15) is 17.5 Å². The van der Waals surface area contributed by atoms with E-state index in [-0.39, 0.29) is 18.4 Å². The lowest BCUT2D eigenvalue weighted by Crippen LogP contribution is -2.46. The third-order valence-corrected chi connectivity index (χ3v) is 5.33. The van der Waals surface area contributed by atoms with Crippen molar-refractivity contribution in [1.82, 2.24) is 9.80 Å². The van der Waals surface area contributed by atoms with Crippen LogP contribution in [0.5, 0.6) is 17.2 Å². The van der Waals surface area contributed by atoms with E-state index in [1.54, 1.807) is 30.0 Å². The highest BCUT2D eigenvalue weighted by atomic mass is 16.6. The number of hydrogen-bond acceptors (Lipinski definition) is 5. The van der Waals surface area contributed by atoms with E-state index >= 15 is 0 Å². The molecule has 7 nitrogen and oxygen atoms in total. The Balaban J connectivity index is 1.45. The summed E-state index contributed by atoms with van der Waals surface area (Å²) in [6, 6.07) is 13.3. The van der Waals surface area contributed by atoms with Crippen molar-refractivity contribution in [2.75, 3.05) is 33.9 Å². The molecule has 2 aliphatic rings. The highest BCUT2D eigenvalue weighted by Gasteiger charge is 2.32. The van der Waals surface area contributed by atoms with Crippen LogP contribution in [0.15, 0.2) is 42.5 Å². The molecule has 0 saturated carbocycles. The quantitative estimate of drug-likeness (QED) is 0.774. The SMILES string of the molecule is CN(C)C(=O)CCc1ccc2c(c1)CN(C(=O)C1COc3ccccc3O1)CCO2. The molecule has 0 fully saturated rings. The summed E-state index contributed by atoms with van der Waals surface area (Å²) < 4.78 is 17.4. The van der Waals surface area contributed by atoms with Crippen LogP contribution in [0.25, 0.3) is 0 Å². The molecule has 0 bridgehead atoms. The van der Waals surface area contributed by atoms with Crippen LogP contribution < -0.4 is 14.2 Å². The molecule has 0 saturated heterocycles. The largest absolute Gasteiger partial charge is 0.491 e. The van der Waals surface area contributed by atoms with Crippen LogP contribution in [-0.2, 0) is 22.6 Å². The molecule has 2 aromatic carbocycles. The van der Waals surface area contributed by atoms with Crippen LogP contribution >= 0.6 is 0 Å². The van der Waals surface area contributed by atoms with E-state index in [9.17, 15) is 9.59 Å². The Hall–Kier alpha value is -3.22. The van der Waals surface area contributed by atoms with Gasteiger partial charge in [-0.3, -0.25) is 9.59 Å². The lowest BCUT2D eigenvalue weighted by Gasteiger charge is -2.30. The molecule has 1 atom stereocenters. The fraction of sp³-hybridized carbons (Fsp3) is 0.391. The maximum Gasteiger partial charge on any atom is 0.267 e. The van der Waals surface area contributed by atoms with Crippen LogP contribution in [0.4, 0.5) is 0 Å². The van der Waals surface area contributed by atoms with Crippen molar-refractivity contribution in [3.63, 3.8) is 0 Å². The second-order valence-corrected chi connectivity index (χ2v) is 7.70. The molecule has 0 N–H and O–H groups in total. The van der Waals surface area contributed by atoms with Crippen molar-refractivity contribution in [2.24, 2.45) is 0 Å². The molecule has 30 heavy (non-hydrogen) atoms. The number of fused-ring (bicyclic) bond motifs is 2. The minimum atomic E-state index is -0.678. The number of rotatable bonds is 4. The first kappa shape index (κ1) is 20.1. The Morgan fingerprint density at radius 3 is 2.67 bits per heavy atom. The van der Waals surface area contributed by atoms with E-state index < -0.39 is 6.10 Å². The molecule has 0 radical (unpaired) electrons. The number of hydrogen-bond donors (Lipinski definition) is 0. The molecule has 2 aliphatic heterocycles. The summed E-state index contributed by atoms with van der Waals surface area (Å²) in [5, 5.41) is 0. The highest BCUT2D eigenvalue weighted by Crippen LogP contribution is 2.32. The first-order valence-corrected chi connectivity index (χ1v) is 10.1. The standard InChI is InChI=1S/C23H26N2O5/c1-24(2)22(26)10-8-16-7-9-18-17(13-16)14-25(11-12-28-18)23(27)21-15-29-19-5-3-4-6-20(19)30-21/h3-7,9,13,21H,8,10-12,14-15H2,1-2H3. The number of nitrogens with zero attached hydrogens (tertiary/aromatic N) is 2. The maximum absolute atomic E-state index is 13.1. The van der Waals surface area contributed by atoms with Gasteiger partial charge in [-0.05, 0) is 30.2 Å². The Kier molecular flexibility index (Phi) is 5.79. The molecular weight excluding hydrogens is 384 g/mol. The van der Waals surface area contributed by atoms with Crippen molar-refractivity contribution in [3.8, 4) is 17.2 Å². The van der Waals surface area contributed by atoms with E-state index in [0.29, 0.717) is 44.0 Å². The van der Waals surface area contributed by atoms with Crippen molar-refractivity contribution in [3.05, 3.63) is 53.6 Å². The average molecular weight is 410 g/mol. The van der Waals surface area contributed by atoms with Gasteiger partial charge in [0.05, 0.1) is 6.54 Å². The average Bonchev–Trinajstić information content (AvgIpc) is 2.98. The summed E-state index contributed by atoms with van der Waals surface area (Å²) in [4.78, 5) is 28.3. The van der Waals surface area contributed by atoms with E-state index in [1.165, 1.54) is 0 Å². The van der Waals surface area contributed by atoms with Gasteiger partial charge in [0.2, 0.25) is 12.0 Å². The first-order valence-electron chi connectivity index (χ1n) is 10.1. The number of carbonyl (C=O) groups is 2. The molecule has 0 aliphatic carbocycles. The van der Waals surface area contributed by atoms with Crippen LogP contribution in [-0.4, -0.2) is 61.6 Å².